The number of ether oxygens (including phenoxy) is 1. The lowest BCUT2D eigenvalue weighted by Crippen LogP contribution is -2.46. The molecule has 2 aliphatic rings. The molecule has 0 bridgehead atoms. The van der Waals surface area contributed by atoms with Crippen molar-refractivity contribution in [3.8, 4) is 0 Å². The zero-order valence-electron chi connectivity index (χ0n) is 14.9. The minimum atomic E-state index is -1.42. The standard InChI is InChI=1S/C18H19F2N3O4.ClH/c19-13-5-11-15(14(20)16(13)22-3-4-27-10(6-21)7-22)23(9-1-2-9)8-12(17(11)24)18(25)26;/h5,8-10H,1-4,6-7,21H2,(H,25,26);1H. The van der Waals surface area contributed by atoms with Crippen molar-refractivity contribution in [2.75, 3.05) is 31.1 Å². The van der Waals surface area contributed by atoms with Crippen LogP contribution in [0.5, 0.6) is 0 Å². The first-order valence-corrected chi connectivity index (χ1v) is 8.79. The molecule has 1 saturated carbocycles. The minimum Gasteiger partial charge on any atom is -0.477 e. The van der Waals surface area contributed by atoms with E-state index in [2.05, 4.69) is 0 Å². The van der Waals surface area contributed by atoms with Gasteiger partial charge in [-0.2, -0.15) is 0 Å². The van der Waals surface area contributed by atoms with Crippen LogP contribution in [0.15, 0.2) is 17.1 Å². The summed E-state index contributed by atoms with van der Waals surface area (Å²) in [6, 6.07) is 0.842. The highest BCUT2D eigenvalue weighted by Gasteiger charge is 2.32. The van der Waals surface area contributed by atoms with E-state index in [1.54, 1.807) is 0 Å². The zero-order chi connectivity index (χ0) is 19.3. The number of rotatable bonds is 4. The Morgan fingerprint density at radius 2 is 2.07 bits per heavy atom. The van der Waals surface area contributed by atoms with Crippen molar-refractivity contribution in [3.63, 3.8) is 0 Å². The highest BCUT2D eigenvalue weighted by molar-refractivity contribution is 5.94. The van der Waals surface area contributed by atoms with E-state index < -0.39 is 28.6 Å². The van der Waals surface area contributed by atoms with Gasteiger partial charge in [0.2, 0.25) is 5.43 Å². The molecule has 2 heterocycles. The lowest BCUT2D eigenvalue weighted by Gasteiger charge is -2.34. The van der Waals surface area contributed by atoms with E-state index in [0.29, 0.717) is 0 Å². The van der Waals surface area contributed by atoms with Crippen molar-refractivity contribution in [1.29, 1.82) is 0 Å². The summed E-state index contributed by atoms with van der Waals surface area (Å²) in [6.45, 7) is 1.03. The van der Waals surface area contributed by atoms with Gasteiger partial charge in [0.05, 0.1) is 23.6 Å². The molecule has 0 amide bonds. The molecule has 1 aliphatic carbocycles. The molecule has 0 spiro atoms. The number of nitrogens with zero attached hydrogens (tertiary/aromatic N) is 2. The molecule has 1 aromatic heterocycles. The molecule has 28 heavy (non-hydrogen) atoms. The van der Waals surface area contributed by atoms with E-state index in [1.807, 2.05) is 0 Å². The molecule has 1 saturated heterocycles. The molecule has 1 unspecified atom stereocenters. The third-order valence-corrected chi connectivity index (χ3v) is 5.07. The summed E-state index contributed by atoms with van der Waals surface area (Å²) in [5.74, 6) is -3.18. The highest BCUT2D eigenvalue weighted by Crippen LogP contribution is 2.39. The number of aromatic carboxylic acids is 1. The van der Waals surface area contributed by atoms with Crippen LogP contribution >= 0.6 is 12.4 Å². The Hall–Kier alpha value is -2.23. The summed E-state index contributed by atoms with van der Waals surface area (Å²) in [5, 5.41) is 9.01. The average molecular weight is 416 g/mol. The second kappa shape index (κ2) is 7.65. The first-order chi connectivity index (χ1) is 12.9. The van der Waals surface area contributed by atoms with E-state index in [4.69, 9.17) is 10.5 Å². The van der Waals surface area contributed by atoms with Crippen LogP contribution in [-0.4, -0.2) is 48.0 Å². The van der Waals surface area contributed by atoms with Gasteiger partial charge in [-0.05, 0) is 18.9 Å². The molecular formula is C18H20ClF2N3O4. The number of fused-ring (bicyclic) bond motifs is 1. The zero-order valence-corrected chi connectivity index (χ0v) is 15.7. The van der Waals surface area contributed by atoms with Crippen LogP contribution in [-0.2, 0) is 4.74 Å². The number of hydrogen-bond donors (Lipinski definition) is 2. The number of morpholine rings is 1. The quantitative estimate of drug-likeness (QED) is 0.791. The molecule has 2 aromatic rings. The van der Waals surface area contributed by atoms with Crippen molar-refractivity contribution in [2.45, 2.75) is 25.0 Å². The Morgan fingerprint density at radius 3 is 2.68 bits per heavy atom. The molecule has 3 N–H and O–H groups in total. The molecule has 1 atom stereocenters. The predicted molar refractivity (Wildman–Crippen MR) is 102 cm³/mol. The van der Waals surface area contributed by atoms with Crippen LogP contribution in [0.3, 0.4) is 0 Å². The second-order valence-corrected chi connectivity index (χ2v) is 6.91. The number of carbonyl (C=O) groups is 1. The first-order valence-electron chi connectivity index (χ1n) is 8.79. The second-order valence-electron chi connectivity index (χ2n) is 6.91. The molecule has 152 valence electrons. The predicted octanol–water partition coefficient (Wildman–Crippen LogP) is 1.90. The van der Waals surface area contributed by atoms with Gasteiger partial charge in [0, 0.05) is 31.9 Å². The van der Waals surface area contributed by atoms with Crippen molar-refractivity contribution in [2.24, 2.45) is 5.73 Å². The van der Waals surface area contributed by atoms with Crippen molar-refractivity contribution < 1.29 is 23.4 Å². The van der Waals surface area contributed by atoms with Gasteiger partial charge in [0.15, 0.2) is 5.82 Å². The normalized spacial score (nSPS) is 19.5. The monoisotopic (exact) mass is 415 g/mol. The SMILES string of the molecule is Cl.NCC1CN(c2c(F)cc3c(=O)c(C(=O)O)cn(C4CC4)c3c2F)CCO1. The third kappa shape index (κ3) is 3.34. The number of benzene rings is 1. The Bertz CT molecular complexity index is 993. The Morgan fingerprint density at radius 1 is 1.36 bits per heavy atom. The Balaban J connectivity index is 0.00000225. The van der Waals surface area contributed by atoms with E-state index >= 15 is 4.39 Å². The number of carboxylic acids is 1. The number of halogens is 3. The third-order valence-electron chi connectivity index (χ3n) is 5.07. The summed E-state index contributed by atoms with van der Waals surface area (Å²) in [7, 11) is 0. The van der Waals surface area contributed by atoms with Gasteiger partial charge in [-0.3, -0.25) is 4.79 Å². The summed E-state index contributed by atoms with van der Waals surface area (Å²) in [6.07, 6.45) is 2.32. The van der Waals surface area contributed by atoms with Crippen molar-refractivity contribution >= 4 is 35.0 Å². The molecule has 1 aromatic carbocycles. The fourth-order valence-electron chi connectivity index (χ4n) is 3.58. The average Bonchev–Trinajstić information content (AvgIpc) is 3.47. The Kier molecular flexibility index (Phi) is 5.60. The van der Waals surface area contributed by atoms with E-state index in [9.17, 15) is 19.1 Å². The number of aromatic nitrogens is 1. The van der Waals surface area contributed by atoms with Gasteiger partial charge in [-0.15, -0.1) is 12.4 Å². The molecule has 2 fully saturated rings. The Labute approximate surface area is 165 Å². The molecule has 4 rings (SSSR count). The summed E-state index contributed by atoms with van der Waals surface area (Å²) in [4.78, 5) is 25.4. The van der Waals surface area contributed by atoms with Crippen LogP contribution in [0, 0.1) is 11.6 Å². The number of carboxylic acid groups (broad SMARTS) is 1. The van der Waals surface area contributed by atoms with Crippen LogP contribution in [0.1, 0.15) is 29.2 Å². The topological polar surface area (TPSA) is 97.8 Å². The first kappa shape index (κ1) is 20.5. The molecule has 1 aliphatic heterocycles. The maximum Gasteiger partial charge on any atom is 0.341 e. The molecule has 7 nitrogen and oxygen atoms in total. The van der Waals surface area contributed by atoms with Gasteiger partial charge in [-0.1, -0.05) is 0 Å². The molecule has 10 heteroatoms. The maximum absolute atomic E-state index is 15.4. The van der Waals surface area contributed by atoms with Crippen molar-refractivity contribution in [3.05, 3.63) is 39.7 Å². The number of anilines is 1. The van der Waals surface area contributed by atoms with Crippen molar-refractivity contribution in [1.82, 2.24) is 4.57 Å². The maximum atomic E-state index is 15.4. The van der Waals surface area contributed by atoms with Gasteiger partial charge < -0.3 is 25.0 Å². The lowest BCUT2D eigenvalue weighted by molar-refractivity contribution is 0.0461. The van der Waals surface area contributed by atoms with Gasteiger partial charge in [0.25, 0.3) is 0 Å². The van der Waals surface area contributed by atoms with E-state index in [0.717, 1.165) is 25.1 Å². The molecule has 0 radical (unpaired) electrons. The van der Waals surface area contributed by atoms with Crippen LogP contribution < -0.4 is 16.1 Å². The van der Waals surface area contributed by atoms with Gasteiger partial charge >= 0.3 is 5.97 Å². The summed E-state index contributed by atoms with van der Waals surface area (Å²) >= 11 is 0. The van der Waals surface area contributed by atoms with E-state index in [1.165, 1.54) is 9.47 Å². The number of hydrogen-bond acceptors (Lipinski definition) is 5. The van der Waals surface area contributed by atoms with Gasteiger partial charge in [-0.25, -0.2) is 13.6 Å². The van der Waals surface area contributed by atoms with Gasteiger partial charge in [0.1, 0.15) is 17.1 Å². The summed E-state index contributed by atoms with van der Waals surface area (Å²) < 4.78 is 37.2. The van der Waals surface area contributed by atoms with Crippen LogP contribution in [0.4, 0.5) is 14.5 Å². The fraction of sp³-hybridized carbons (Fsp3) is 0.444. The largest absolute Gasteiger partial charge is 0.477 e. The molecular weight excluding hydrogens is 396 g/mol. The highest BCUT2D eigenvalue weighted by atomic mass is 35.5. The van der Waals surface area contributed by atoms with Crippen LogP contribution in [0.25, 0.3) is 10.9 Å². The smallest absolute Gasteiger partial charge is 0.341 e. The van der Waals surface area contributed by atoms with E-state index in [-0.39, 0.29) is 67.4 Å². The fourth-order valence-corrected chi connectivity index (χ4v) is 3.58. The summed E-state index contributed by atoms with van der Waals surface area (Å²) in [5.41, 5.74) is 3.94. The lowest BCUT2D eigenvalue weighted by atomic mass is 10.1. The minimum absolute atomic E-state index is 0. The van der Waals surface area contributed by atoms with Crippen LogP contribution in [0.2, 0.25) is 0 Å². The number of pyridine rings is 1. The number of nitrogens with two attached hydrogens (primary N) is 1.